The number of benzene rings is 1. The first kappa shape index (κ1) is 17.2. The molecule has 0 heterocycles. The molecule has 2 rings (SSSR count). The topological polar surface area (TPSA) is 81.5 Å². The van der Waals surface area contributed by atoms with Gasteiger partial charge in [0.15, 0.2) is 0 Å². The van der Waals surface area contributed by atoms with Gasteiger partial charge in [0.2, 0.25) is 0 Å². The van der Waals surface area contributed by atoms with Crippen LogP contribution in [-0.2, 0) is 0 Å². The van der Waals surface area contributed by atoms with E-state index in [1.165, 1.54) is 31.4 Å². The highest BCUT2D eigenvalue weighted by molar-refractivity contribution is 14.1. The van der Waals surface area contributed by atoms with Gasteiger partial charge < -0.3 is 5.73 Å². The minimum Gasteiger partial charge on any atom is -0.383 e. The third-order valence-electron chi connectivity index (χ3n) is 3.29. The molecular weight excluding hydrogens is 393 g/mol. The first-order chi connectivity index (χ1) is 9.06. The number of amidine groups is 1. The number of rotatable bonds is 3. The summed E-state index contributed by atoms with van der Waals surface area (Å²) in [5.74, 6) is 0.411. The van der Waals surface area contributed by atoms with Gasteiger partial charge in [0, 0.05) is 21.3 Å². The summed E-state index contributed by atoms with van der Waals surface area (Å²) in [6, 6.07) is 5.11. The summed E-state index contributed by atoms with van der Waals surface area (Å²) in [4.78, 5) is 15.0. The summed E-state index contributed by atoms with van der Waals surface area (Å²) < 4.78 is 0.795. The Balaban J connectivity index is 0.00000200. The molecule has 0 spiro atoms. The maximum atomic E-state index is 10.8. The Hall–Kier alpha value is -0.890. The second kappa shape index (κ2) is 7.78. The Kier molecular flexibility index (Phi) is 6.67. The zero-order valence-electron chi connectivity index (χ0n) is 10.9. The molecule has 0 radical (unpaired) electrons. The van der Waals surface area contributed by atoms with Crippen molar-refractivity contribution in [1.82, 2.24) is 0 Å². The second-order valence-corrected chi connectivity index (χ2v) is 6.01. The van der Waals surface area contributed by atoms with Crippen molar-refractivity contribution >= 4 is 46.5 Å². The number of aliphatic imine (C=N–C) groups is 1. The van der Waals surface area contributed by atoms with E-state index in [-0.39, 0.29) is 24.1 Å². The quantitative estimate of drug-likeness (QED) is 0.272. The smallest absolute Gasteiger partial charge is 0.271 e. The van der Waals surface area contributed by atoms with Crippen LogP contribution in [0.5, 0.6) is 0 Å². The number of hydrogen-bond donors (Lipinski definition) is 1. The van der Waals surface area contributed by atoms with Gasteiger partial charge in [-0.1, -0.05) is 19.3 Å². The van der Waals surface area contributed by atoms with Crippen molar-refractivity contribution in [2.24, 2.45) is 10.7 Å². The van der Waals surface area contributed by atoms with Crippen LogP contribution in [-0.4, -0.2) is 16.8 Å². The van der Waals surface area contributed by atoms with Crippen molar-refractivity contribution in [3.8, 4) is 0 Å². The van der Waals surface area contributed by atoms with Crippen LogP contribution in [0.25, 0.3) is 0 Å². The van der Waals surface area contributed by atoms with Crippen LogP contribution < -0.4 is 5.73 Å². The molecule has 0 aromatic heterocycles. The van der Waals surface area contributed by atoms with Crippen molar-refractivity contribution < 1.29 is 4.92 Å². The van der Waals surface area contributed by atoms with E-state index in [4.69, 9.17) is 5.73 Å². The fraction of sp³-hybridized carbons (Fsp3) is 0.462. The van der Waals surface area contributed by atoms with E-state index >= 15 is 0 Å². The SMILES string of the molecule is Cl.NC(=NC1CCCCC1)c1cc(I)cc([N+](=O)[O-])c1. The highest BCUT2D eigenvalue weighted by Gasteiger charge is 2.15. The molecule has 1 saturated carbocycles. The fourth-order valence-corrected chi connectivity index (χ4v) is 2.96. The van der Waals surface area contributed by atoms with Crippen LogP contribution >= 0.6 is 35.0 Å². The largest absolute Gasteiger partial charge is 0.383 e. The van der Waals surface area contributed by atoms with Gasteiger partial charge in [-0.25, -0.2) is 0 Å². The van der Waals surface area contributed by atoms with E-state index in [2.05, 4.69) is 27.6 Å². The first-order valence-electron chi connectivity index (χ1n) is 6.35. The summed E-state index contributed by atoms with van der Waals surface area (Å²) in [6.45, 7) is 0. The molecule has 1 aromatic carbocycles. The fourth-order valence-electron chi connectivity index (χ4n) is 2.31. The van der Waals surface area contributed by atoms with Gasteiger partial charge in [-0.2, -0.15) is 0 Å². The summed E-state index contributed by atoms with van der Waals surface area (Å²) in [5.41, 5.74) is 6.69. The van der Waals surface area contributed by atoms with Gasteiger partial charge in [-0.05, 0) is 41.5 Å². The number of nitrogens with two attached hydrogens (primary N) is 1. The summed E-state index contributed by atoms with van der Waals surface area (Å²) in [5, 5.41) is 10.8. The molecule has 1 fully saturated rings. The Morgan fingerprint density at radius 2 is 1.95 bits per heavy atom. The maximum absolute atomic E-state index is 10.8. The molecule has 1 aromatic rings. The average Bonchev–Trinajstić information content (AvgIpc) is 2.39. The first-order valence-corrected chi connectivity index (χ1v) is 7.43. The zero-order valence-corrected chi connectivity index (χ0v) is 13.9. The third kappa shape index (κ3) is 4.59. The van der Waals surface area contributed by atoms with Crippen molar-refractivity contribution in [2.75, 3.05) is 0 Å². The van der Waals surface area contributed by atoms with Crippen LogP contribution in [0.2, 0.25) is 0 Å². The molecule has 1 aliphatic rings. The van der Waals surface area contributed by atoms with E-state index in [0.29, 0.717) is 11.4 Å². The van der Waals surface area contributed by atoms with Crippen LogP contribution in [0.3, 0.4) is 0 Å². The Morgan fingerprint density at radius 3 is 2.55 bits per heavy atom. The molecule has 5 nitrogen and oxygen atoms in total. The molecule has 0 atom stereocenters. The number of nitrogens with zero attached hydrogens (tertiary/aromatic N) is 2. The van der Waals surface area contributed by atoms with Crippen LogP contribution in [0.4, 0.5) is 5.69 Å². The Labute approximate surface area is 137 Å². The molecule has 0 aliphatic heterocycles. The van der Waals surface area contributed by atoms with E-state index in [9.17, 15) is 10.1 Å². The summed E-state index contributed by atoms with van der Waals surface area (Å²) in [6.07, 6.45) is 5.77. The second-order valence-electron chi connectivity index (χ2n) is 4.76. The predicted molar refractivity (Wildman–Crippen MR) is 90.7 cm³/mol. The van der Waals surface area contributed by atoms with E-state index in [1.54, 1.807) is 0 Å². The monoisotopic (exact) mass is 409 g/mol. The van der Waals surface area contributed by atoms with E-state index in [0.717, 1.165) is 16.4 Å². The third-order valence-corrected chi connectivity index (χ3v) is 3.91. The molecular formula is C13H17ClIN3O2. The maximum Gasteiger partial charge on any atom is 0.271 e. The van der Waals surface area contributed by atoms with Gasteiger partial charge in [0.1, 0.15) is 5.84 Å². The summed E-state index contributed by atoms with van der Waals surface area (Å²) >= 11 is 2.05. The minimum atomic E-state index is -0.403. The lowest BCUT2D eigenvalue weighted by Crippen LogP contribution is -2.20. The Bertz CT molecular complexity index is 516. The molecule has 110 valence electrons. The van der Waals surface area contributed by atoms with Crippen LogP contribution in [0, 0.1) is 13.7 Å². The highest BCUT2D eigenvalue weighted by Crippen LogP contribution is 2.22. The molecule has 0 amide bonds. The van der Waals surface area contributed by atoms with Crippen molar-refractivity contribution in [1.29, 1.82) is 0 Å². The van der Waals surface area contributed by atoms with Gasteiger partial charge in [0.25, 0.3) is 5.69 Å². The molecule has 2 N–H and O–H groups in total. The lowest BCUT2D eigenvalue weighted by molar-refractivity contribution is -0.385. The molecule has 0 saturated heterocycles. The lowest BCUT2D eigenvalue weighted by atomic mass is 9.96. The number of non-ortho nitro benzene ring substituents is 1. The van der Waals surface area contributed by atoms with Crippen LogP contribution in [0.15, 0.2) is 23.2 Å². The number of hydrogen-bond acceptors (Lipinski definition) is 3. The van der Waals surface area contributed by atoms with Gasteiger partial charge >= 0.3 is 0 Å². The molecule has 1 aliphatic carbocycles. The van der Waals surface area contributed by atoms with Gasteiger partial charge in [-0.15, -0.1) is 12.4 Å². The number of nitro benzene ring substituents is 1. The minimum absolute atomic E-state index is 0. The van der Waals surface area contributed by atoms with Crippen molar-refractivity contribution in [2.45, 2.75) is 38.1 Å². The van der Waals surface area contributed by atoms with Gasteiger partial charge in [0.05, 0.1) is 11.0 Å². The van der Waals surface area contributed by atoms with E-state index in [1.807, 2.05) is 6.07 Å². The van der Waals surface area contributed by atoms with E-state index < -0.39 is 4.92 Å². The van der Waals surface area contributed by atoms with Crippen molar-refractivity contribution in [3.63, 3.8) is 0 Å². The summed E-state index contributed by atoms with van der Waals surface area (Å²) in [7, 11) is 0. The van der Waals surface area contributed by atoms with Crippen LogP contribution in [0.1, 0.15) is 37.7 Å². The normalized spacial score (nSPS) is 16.6. The predicted octanol–water partition coefficient (Wildman–Crippen LogP) is 3.66. The zero-order chi connectivity index (χ0) is 13.8. The molecule has 0 bridgehead atoms. The number of halogens is 2. The number of nitro groups is 1. The molecule has 20 heavy (non-hydrogen) atoms. The highest BCUT2D eigenvalue weighted by atomic mass is 127. The Morgan fingerprint density at radius 1 is 1.30 bits per heavy atom. The average molecular weight is 410 g/mol. The van der Waals surface area contributed by atoms with Crippen molar-refractivity contribution in [3.05, 3.63) is 37.4 Å². The molecule has 7 heteroatoms. The van der Waals surface area contributed by atoms with Gasteiger partial charge in [-0.3, -0.25) is 15.1 Å². The lowest BCUT2D eigenvalue weighted by Gasteiger charge is -2.18. The standard InChI is InChI=1S/C13H16IN3O2.ClH/c14-10-6-9(7-12(8-10)17(18)19)13(15)16-11-4-2-1-3-5-11;/h6-8,11H,1-5H2,(H2,15,16);1H. The molecule has 0 unspecified atom stereocenters.